The van der Waals surface area contributed by atoms with Crippen LogP contribution in [0.15, 0.2) is 38.2 Å². The van der Waals surface area contributed by atoms with E-state index in [0.29, 0.717) is 11.7 Å². The topological polar surface area (TPSA) is 62.3 Å². The molecule has 0 N–H and O–H groups in total. The normalized spacial score (nSPS) is 21.0. The number of hydrogen-bond acceptors (Lipinski definition) is 5. The quantitative estimate of drug-likeness (QED) is 0.431. The molecule has 5 nitrogen and oxygen atoms in total. The molecule has 0 saturated carbocycles. The molecule has 0 aliphatic carbocycles. The third kappa shape index (κ3) is 5.11. The van der Waals surface area contributed by atoms with E-state index in [9.17, 15) is 0 Å². The minimum Gasteiger partial charge on any atom is -1.00 e. The van der Waals surface area contributed by atoms with E-state index in [1.807, 2.05) is 45.9 Å². The SMILES string of the molecule is CC1=NC(c2cccc(C3=NC(C)C(C)=N3)n2)=NC1C.[Cl-].[Cl-].[Cl-].[Fe+3]. The summed E-state index contributed by atoms with van der Waals surface area (Å²) in [6, 6.07) is 6.07. The van der Waals surface area contributed by atoms with Crippen LogP contribution < -0.4 is 37.2 Å². The maximum Gasteiger partial charge on any atom is 3.00 e. The molecule has 1 radical (unpaired) electrons. The first kappa shape index (κ1) is 25.5. The fourth-order valence-electron chi connectivity index (χ4n) is 2.06. The van der Waals surface area contributed by atoms with Crippen LogP contribution in [-0.2, 0) is 17.1 Å². The summed E-state index contributed by atoms with van der Waals surface area (Å²) in [6.07, 6.45) is 0. The average molecular weight is 430 g/mol. The van der Waals surface area contributed by atoms with E-state index in [4.69, 9.17) is 0 Å². The van der Waals surface area contributed by atoms with E-state index < -0.39 is 0 Å². The van der Waals surface area contributed by atoms with Crippen molar-refractivity contribution in [3.8, 4) is 0 Å². The number of aromatic nitrogens is 1. The van der Waals surface area contributed by atoms with Gasteiger partial charge in [0.2, 0.25) is 0 Å². The molecule has 2 unspecified atom stereocenters. The Morgan fingerprint density at radius 3 is 1.42 bits per heavy atom. The molecule has 1 aromatic rings. The van der Waals surface area contributed by atoms with Crippen LogP contribution in [0, 0.1) is 0 Å². The summed E-state index contributed by atoms with van der Waals surface area (Å²) in [5.74, 6) is 1.40. The molecular weight excluding hydrogens is 412 g/mol. The van der Waals surface area contributed by atoms with Crippen LogP contribution in [0.1, 0.15) is 39.1 Å². The van der Waals surface area contributed by atoms with Gasteiger partial charge >= 0.3 is 17.1 Å². The predicted molar refractivity (Wildman–Crippen MR) is 82.5 cm³/mol. The Bertz CT molecular complexity index is 645. The fourth-order valence-corrected chi connectivity index (χ4v) is 2.06. The molecule has 0 spiro atoms. The monoisotopic (exact) mass is 428 g/mol. The van der Waals surface area contributed by atoms with Gasteiger partial charge in [0.25, 0.3) is 0 Å². The largest absolute Gasteiger partial charge is 3.00 e. The van der Waals surface area contributed by atoms with Crippen molar-refractivity contribution in [2.75, 3.05) is 0 Å². The smallest absolute Gasteiger partial charge is 1.00 e. The Morgan fingerprint density at radius 1 is 0.750 bits per heavy atom. The van der Waals surface area contributed by atoms with Crippen LogP contribution in [0.5, 0.6) is 0 Å². The van der Waals surface area contributed by atoms with Gasteiger partial charge in [-0.3, -0.25) is 9.98 Å². The molecule has 0 saturated heterocycles. The van der Waals surface area contributed by atoms with Gasteiger partial charge in [-0.2, -0.15) is 0 Å². The second-order valence-electron chi connectivity index (χ2n) is 5.17. The molecule has 0 fully saturated rings. The first-order chi connectivity index (χ1) is 9.54. The molecule has 0 amide bonds. The van der Waals surface area contributed by atoms with Crippen molar-refractivity contribution in [2.45, 2.75) is 39.8 Å². The van der Waals surface area contributed by atoms with Crippen LogP contribution in [-0.4, -0.2) is 40.2 Å². The number of aliphatic imine (C=N–C) groups is 4. The summed E-state index contributed by atoms with van der Waals surface area (Å²) in [5, 5.41) is 0. The van der Waals surface area contributed by atoms with Crippen molar-refractivity contribution < 1.29 is 54.3 Å². The zero-order valence-corrected chi connectivity index (χ0v) is 17.0. The second kappa shape index (κ2) is 10.3. The molecule has 24 heavy (non-hydrogen) atoms. The first-order valence-electron chi connectivity index (χ1n) is 6.78. The van der Waals surface area contributed by atoms with Crippen molar-refractivity contribution in [1.29, 1.82) is 0 Å². The molecule has 1 aromatic heterocycles. The molecular formula is C15H17Cl3FeN5. The molecule has 131 valence electrons. The summed E-state index contributed by atoms with van der Waals surface area (Å²) in [7, 11) is 0. The maximum atomic E-state index is 4.60. The summed E-state index contributed by atoms with van der Waals surface area (Å²) in [5.41, 5.74) is 3.60. The van der Waals surface area contributed by atoms with Crippen molar-refractivity contribution in [3.05, 3.63) is 29.6 Å². The van der Waals surface area contributed by atoms with Crippen molar-refractivity contribution in [3.63, 3.8) is 0 Å². The van der Waals surface area contributed by atoms with E-state index in [0.717, 1.165) is 22.8 Å². The molecule has 0 bridgehead atoms. The van der Waals surface area contributed by atoms with Gasteiger partial charge in [-0.15, -0.1) is 0 Å². The van der Waals surface area contributed by atoms with Crippen LogP contribution in [0.2, 0.25) is 0 Å². The summed E-state index contributed by atoms with van der Waals surface area (Å²) in [6.45, 7) is 8.04. The predicted octanol–water partition coefficient (Wildman–Crippen LogP) is -6.69. The van der Waals surface area contributed by atoms with E-state index in [1.54, 1.807) is 0 Å². The number of halogens is 3. The van der Waals surface area contributed by atoms with Gasteiger partial charge in [0.05, 0.1) is 12.1 Å². The van der Waals surface area contributed by atoms with Crippen molar-refractivity contribution in [1.82, 2.24) is 4.98 Å². The second-order valence-corrected chi connectivity index (χ2v) is 5.17. The number of nitrogens with zero attached hydrogens (tertiary/aromatic N) is 5. The Hall–Kier alpha value is -0.781. The van der Waals surface area contributed by atoms with E-state index in [-0.39, 0.29) is 66.4 Å². The maximum absolute atomic E-state index is 4.60. The van der Waals surface area contributed by atoms with E-state index in [2.05, 4.69) is 25.0 Å². The first-order valence-corrected chi connectivity index (χ1v) is 6.78. The molecule has 2 aliphatic rings. The Labute approximate surface area is 171 Å². The van der Waals surface area contributed by atoms with Crippen LogP contribution >= 0.6 is 0 Å². The van der Waals surface area contributed by atoms with E-state index >= 15 is 0 Å². The third-order valence-corrected chi connectivity index (χ3v) is 3.61. The molecule has 9 heteroatoms. The molecule has 3 heterocycles. The average Bonchev–Trinajstić information content (AvgIpc) is 2.94. The van der Waals surface area contributed by atoms with Crippen LogP contribution in [0.4, 0.5) is 0 Å². The molecule has 2 atom stereocenters. The summed E-state index contributed by atoms with van der Waals surface area (Å²) < 4.78 is 0. The van der Waals surface area contributed by atoms with Gasteiger partial charge in [-0.1, -0.05) is 6.07 Å². The summed E-state index contributed by atoms with van der Waals surface area (Å²) >= 11 is 0. The fraction of sp³-hybridized carbons (Fsp3) is 0.400. The van der Waals surface area contributed by atoms with Crippen LogP contribution in [0.25, 0.3) is 0 Å². The Balaban J connectivity index is 0. The van der Waals surface area contributed by atoms with Gasteiger partial charge < -0.3 is 37.2 Å². The van der Waals surface area contributed by atoms with Gasteiger partial charge in [0.15, 0.2) is 11.7 Å². The standard InChI is InChI=1S/C15H17N5.3ClH.Fe/c1-8-9(2)17-14(16-8)12-6-5-7-13(20-12)15-18-10(3)11(4)19-15;;;;/h5-8,10H,1-4H3;3*1H;/q;;;;+3/p-3. The van der Waals surface area contributed by atoms with Crippen LogP contribution in [0.3, 0.4) is 0 Å². The van der Waals surface area contributed by atoms with Crippen molar-refractivity contribution >= 4 is 23.1 Å². The number of amidine groups is 2. The molecule has 0 aromatic carbocycles. The molecule has 2 aliphatic heterocycles. The summed E-state index contributed by atoms with van der Waals surface area (Å²) in [4.78, 5) is 22.6. The number of hydrogen-bond donors (Lipinski definition) is 0. The van der Waals surface area contributed by atoms with Gasteiger partial charge in [-0.25, -0.2) is 15.0 Å². The zero-order valence-electron chi connectivity index (χ0n) is 13.6. The van der Waals surface area contributed by atoms with Crippen molar-refractivity contribution in [2.24, 2.45) is 20.0 Å². The molecule has 3 rings (SSSR count). The Morgan fingerprint density at radius 2 is 1.12 bits per heavy atom. The number of pyridine rings is 1. The van der Waals surface area contributed by atoms with Gasteiger partial charge in [0.1, 0.15) is 11.4 Å². The van der Waals surface area contributed by atoms with Gasteiger partial charge in [-0.05, 0) is 39.8 Å². The minimum atomic E-state index is 0. The number of rotatable bonds is 2. The zero-order chi connectivity index (χ0) is 14.3. The van der Waals surface area contributed by atoms with E-state index in [1.165, 1.54) is 0 Å². The minimum absolute atomic E-state index is 0. The Kier molecular flexibility index (Phi) is 10.9. The van der Waals surface area contributed by atoms with Gasteiger partial charge in [0, 0.05) is 11.4 Å². The third-order valence-electron chi connectivity index (χ3n) is 3.61.